The molecule has 8 nitrogen and oxygen atoms in total. The minimum absolute atomic E-state index is 0.0823. The first-order valence-corrected chi connectivity index (χ1v) is 8.06. The van der Waals surface area contributed by atoms with Crippen LogP contribution in [0.5, 0.6) is 5.75 Å². The first kappa shape index (κ1) is 20.1. The number of methoxy groups -OCH3 is 2. The number of anilines is 1. The Morgan fingerprint density at radius 2 is 1.63 bits per heavy atom. The number of ether oxygens (including phenoxy) is 3. The molecule has 2 amide bonds. The molecule has 0 unspecified atom stereocenters. The van der Waals surface area contributed by atoms with Gasteiger partial charge in [-0.1, -0.05) is 11.6 Å². The Balaban J connectivity index is 2.04. The molecule has 0 radical (unpaired) electrons. The molecule has 2 aromatic carbocycles. The molecule has 0 saturated carbocycles. The number of benzene rings is 2. The van der Waals surface area contributed by atoms with Crippen LogP contribution in [0.3, 0.4) is 0 Å². The molecule has 0 spiro atoms. The second-order valence-corrected chi connectivity index (χ2v) is 5.55. The molecule has 0 aliphatic heterocycles. The highest BCUT2D eigenvalue weighted by Crippen LogP contribution is 2.20. The van der Waals surface area contributed by atoms with E-state index in [-0.39, 0.29) is 23.5 Å². The molecule has 2 rings (SSSR count). The Hall–Kier alpha value is -3.26. The van der Waals surface area contributed by atoms with E-state index < -0.39 is 18.0 Å². The standard InChI is InChI=1S/C18H17ClN2O6/c1-25-16(22)11-3-8-14(17(23)26-2)15(9-11)21-18(24)20-10-27-13-6-4-12(19)5-7-13/h3-9H,10H2,1-2H3,(H2,20,21,24). The maximum absolute atomic E-state index is 12.1. The maximum atomic E-state index is 12.1. The summed E-state index contributed by atoms with van der Waals surface area (Å²) in [7, 11) is 2.44. The number of carbonyl (C=O) groups excluding carboxylic acids is 3. The SMILES string of the molecule is COC(=O)c1ccc(C(=O)OC)c(NC(=O)NCOc2ccc(Cl)cc2)c1. The molecule has 0 saturated heterocycles. The van der Waals surface area contributed by atoms with E-state index >= 15 is 0 Å². The summed E-state index contributed by atoms with van der Waals surface area (Å²) >= 11 is 5.78. The van der Waals surface area contributed by atoms with Crippen molar-refractivity contribution in [3.05, 3.63) is 58.6 Å². The number of carbonyl (C=O) groups is 3. The maximum Gasteiger partial charge on any atom is 0.339 e. The lowest BCUT2D eigenvalue weighted by Crippen LogP contribution is -2.32. The highest BCUT2D eigenvalue weighted by atomic mass is 35.5. The third kappa shape index (κ3) is 5.61. The average Bonchev–Trinajstić information content (AvgIpc) is 2.68. The van der Waals surface area contributed by atoms with Crippen molar-refractivity contribution in [3.63, 3.8) is 0 Å². The fourth-order valence-electron chi connectivity index (χ4n) is 2.06. The van der Waals surface area contributed by atoms with Crippen molar-refractivity contribution < 1.29 is 28.6 Å². The lowest BCUT2D eigenvalue weighted by atomic mass is 10.1. The number of hydrogen-bond donors (Lipinski definition) is 2. The zero-order chi connectivity index (χ0) is 19.8. The van der Waals surface area contributed by atoms with E-state index in [1.54, 1.807) is 24.3 Å². The molecule has 142 valence electrons. The van der Waals surface area contributed by atoms with Gasteiger partial charge in [0.2, 0.25) is 0 Å². The molecule has 0 aromatic heterocycles. The van der Waals surface area contributed by atoms with Crippen LogP contribution >= 0.6 is 11.6 Å². The second-order valence-electron chi connectivity index (χ2n) is 5.12. The summed E-state index contributed by atoms with van der Waals surface area (Å²) in [5, 5.41) is 5.51. The normalized spacial score (nSPS) is 9.89. The van der Waals surface area contributed by atoms with Crippen LogP contribution in [0, 0.1) is 0 Å². The van der Waals surface area contributed by atoms with Gasteiger partial charge < -0.3 is 24.8 Å². The number of amides is 2. The van der Waals surface area contributed by atoms with E-state index in [1.807, 2.05) is 0 Å². The molecule has 2 N–H and O–H groups in total. The van der Waals surface area contributed by atoms with E-state index in [4.69, 9.17) is 16.3 Å². The molecule has 27 heavy (non-hydrogen) atoms. The van der Waals surface area contributed by atoms with E-state index in [0.717, 1.165) is 0 Å². The van der Waals surface area contributed by atoms with Crippen LogP contribution < -0.4 is 15.4 Å². The van der Waals surface area contributed by atoms with Gasteiger partial charge in [-0.15, -0.1) is 0 Å². The van der Waals surface area contributed by atoms with Gasteiger partial charge in [-0.3, -0.25) is 0 Å². The molecule has 9 heteroatoms. The van der Waals surface area contributed by atoms with Crippen molar-refractivity contribution in [2.75, 3.05) is 26.3 Å². The predicted octanol–water partition coefficient (Wildman–Crippen LogP) is 3.07. The summed E-state index contributed by atoms with van der Waals surface area (Å²) < 4.78 is 14.7. The number of hydrogen-bond acceptors (Lipinski definition) is 6. The largest absolute Gasteiger partial charge is 0.473 e. The molecule has 0 atom stereocenters. The fourth-order valence-corrected chi connectivity index (χ4v) is 2.19. The predicted molar refractivity (Wildman–Crippen MR) is 98.2 cm³/mol. The van der Waals surface area contributed by atoms with Crippen molar-refractivity contribution in [1.82, 2.24) is 5.32 Å². The van der Waals surface area contributed by atoms with E-state index in [9.17, 15) is 14.4 Å². The topological polar surface area (TPSA) is 103 Å². The van der Waals surface area contributed by atoms with Crippen molar-refractivity contribution in [2.24, 2.45) is 0 Å². The van der Waals surface area contributed by atoms with Crippen LogP contribution in [0.2, 0.25) is 5.02 Å². The van der Waals surface area contributed by atoms with Crippen molar-refractivity contribution in [1.29, 1.82) is 0 Å². The summed E-state index contributed by atoms with van der Waals surface area (Å²) in [5.41, 5.74) is 0.338. The summed E-state index contributed by atoms with van der Waals surface area (Å²) in [6.07, 6.45) is 0. The molecular formula is C18H17ClN2O6. The number of urea groups is 1. The molecule has 0 aliphatic rings. The highest BCUT2D eigenvalue weighted by Gasteiger charge is 2.17. The summed E-state index contributed by atoms with van der Waals surface area (Å²) in [4.78, 5) is 35.6. The molecule has 0 heterocycles. The molecule has 0 aliphatic carbocycles. The van der Waals surface area contributed by atoms with E-state index in [2.05, 4.69) is 20.1 Å². The Morgan fingerprint density at radius 3 is 2.26 bits per heavy atom. The van der Waals surface area contributed by atoms with Gasteiger partial charge >= 0.3 is 18.0 Å². The van der Waals surface area contributed by atoms with Crippen molar-refractivity contribution in [2.45, 2.75) is 0 Å². The lowest BCUT2D eigenvalue weighted by molar-refractivity contribution is 0.0587. The summed E-state index contributed by atoms with van der Waals surface area (Å²) in [5.74, 6) is -0.761. The van der Waals surface area contributed by atoms with Crippen LogP contribution in [0.4, 0.5) is 10.5 Å². The van der Waals surface area contributed by atoms with Crippen LogP contribution in [-0.4, -0.2) is 38.9 Å². The third-order valence-electron chi connectivity index (χ3n) is 3.38. The Labute approximate surface area is 160 Å². The average molecular weight is 393 g/mol. The Kier molecular flexibility index (Phi) is 7.01. The van der Waals surface area contributed by atoms with Gasteiger partial charge in [-0.25, -0.2) is 14.4 Å². The first-order valence-electron chi connectivity index (χ1n) is 7.68. The molecule has 0 fully saturated rings. The molecule has 2 aromatic rings. The van der Waals surface area contributed by atoms with Gasteiger partial charge in [0.15, 0.2) is 6.73 Å². The number of rotatable bonds is 6. The van der Waals surface area contributed by atoms with Crippen molar-refractivity contribution in [3.8, 4) is 5.75 Å². The Bertz CT molecular complexity index is 838. The monoisotopic (exact) mass is 392 g/mol. The van der Waals surface area contributed by atoms with Crippen LogP contribution in [0.15, 0.2) is 42.5 Å². The van der Waals surface area contributed by atoms with Crippen LogP contribution in [-0.2, 0) is 9.47 Å². The third-order valence-corrected chi connectivity index (χ3v) is 3.63. The van der Waals surface area contributed by atoms with Gasteiger partial charge in [0.25, 0.3) is 0 Å². The number of halogens is 1. The minimum Gasteiger partial charge on any atom is -0.473 e. The smallest absolute Gasteiger partial charge is 0.339 e. The first-order chi connectivity index (χ1) is 12.9. The number of nitrogens with one attached hydrogen (secondary N) is 2. The minimum atomic E-state index is -0.667. The van der Waals surface area contributed by atoms with Gasteiger partial charge in [-0.05, 0) is 42.5 Å². The zero-order valence-corrected chi connectivity index (χ0v) is 15.3. The van der Waals surface area contributed by atoms with Gasteiger partial charge in [0.1, 0.15) is 5.75 Å². The summed E-state index contributed by atoms with van der Waals surface area (Å²) in [6.45, 7) is -0.127. The van der Waals surface area contributed by atoms with E-state index in [0.29, 0.717) is 10.8 Å². The van der Waals surface area contributed by atoms with Crippen LogP contribution in [0.25, 0.3) is 0 Å². The Morgan fingerprint density at radius 1 is 0.963 bits per heavy atom. The van der Waals surface area contributed by atoms with Gasteiger partial charge in [0.05, 0.1) is 31.0 Å². The van der Waals surface area contributed by atoms with Crippen LogP contribution in [0.1, 0.15) is 20.7 Å². The highest BCUT2D eigenvalue weighted by molar-refractivity contribution is 6.30. The molecule has 0 bridgehead atoms. The summed E-state index contributed by atoms with van der Waals surface area (Å²) in [6, 6.07) is 10.0. The van der Waals surface area contributed by atoms with Gasteiger partial charge in [0, 0.05) is 5.02 Å². The second kappa shape index (κ2) is 9.44. The quantitative estimate of drug-likeness (QED) is 0.578. The lowest BCUT2D eigenvalue weighted by Gasteiger charge is -2.13. The zero-order valence-electron chi connectivity index (χ0n) is 14.6. The fraction of sp³-hybridized carbons (Fsp3) is 0.167. The number of esters is 2. The van der Waals surface area contributed by atoms with E-state index in [1.165, 1.54) is 32.4 Å². The van der Waals surface area contributed by atoms with Crippen molar-refractivity contribution >= 4 is 35.3 Å². The molecular weight excluding hydrogens is 376 g/mol. The van der Waals surface area contributed by atoms with Gasteiger partial charge in [-0.2, -0.15) is 0 Å².